The number of hydrogen-bond acceptors (Lipinski definition) is 7. The summed E-state index contributed by atoms with van der Waals surface area (Å²) < 4.78 is 15.9. The molecule has 28 heavy (non-hydrogen) atoms. The molecule has 0 spiro atoms. The largest absolute Gasteiger partial charge is 0.493 e. The molecule has 2 aromatic carbocycles. The average molecular weight is 397 g/mol. The van der Waals surface area contributed by atoms with Crippen LogP contribution in [0, 0.1) is 0 Å². The van der Waals surface area contributed by atoms with Crippen LogP contribution in [0.3, 0.4) is 0 Å². The van der Waals surface area contributed by atoms with Gasteiger partial charge in [-0.25, -0.2) is 4.98 Å². The Morgan fingerprint density at radius 2 is 1.71 bits per heavy atom. The lowest BCUT2D eigenvalue weighted by atomic mass is 10.1. The van der Waals surface area contributed by atoms with E-state index in [9.17, 15) is 9.59 Å². The Balaban J connectivity index is 1.67. The van der Waals surface area contributed by atoms with E-state index in [4.69, 9.17) is 14.2 Å². The van der Waals surface area contributed by atoms with Crippen LogP contribution in [-0.4, -0.2) is 31.0 Å². The number of ether oxygens (including phenoxy) is 3. The molecule has 7 heteroatoms. The number of carbonyl (C=O) groups is 2. The number of carbonyl (C=O) groups excluding carboxylic acids is 2. The van der Waals surface area contributed by atoms with Crippen LogP contribution >= 0.6 is 11.3 Å². The van der Waals surface area contributed by atoms with Gasteiger partial charge in [0.2, 0.25) is 0 Å². The molecule has 0 aliphatic carbocycles. The van der Waals surface area contributed by atoms with E-state index in [-0.39, 0.29) is 12.2 Å². The number of thiazole rings is 1. The molecule has 3 aromatic rings. The van der Waals surface area contributed by atoms with Crippen LogP contribution in [0.15, 0.2) is 47.8 Å². The van der Waals surface area contributed by atoms with E-state index in [1.807, 2.05) is 23.6 Å². The van der Waals surface area contributed by atoms with Crippen molar-refractivity contribution < 1.29 is 23.8 Å². The second-order valence-electron chi connectivity index (χ2n) is 5.95. The molecule has 0 aliphatic heterocycles. The maximum atomic E-state index is 12.2. The summed E-state index contributed by atoms with van der Waals surface area (Å²) in [5.74, 6) is 1.20. The maximum absolute atomic E-state index is 12.2. The number of Topliss-reactive ketones (excluding diaryl/α,β-unsaturated/α-hetero) is 1. The number of esters is 1. The minimum Gasteiger partial charge on any atom is -0.493 e. The van der Waals surface area contributed by atoms with Crippen LogP contribution < -0.4 is 14.2 Å². The molecule has 0 aliphatic rings. The third kappa shape index (κ3) is 4.55. The van der Waals surface area contributed by atoms with Crippen LogP contribution in [-0.2, 0) is 11.2 Å². The minimum absolute atomic E-state index is 0.0389. The molecule has 1 aromatic heterocycles. The quantitative estimate of drug-likeness (QED) is 0.338. The van der Waals surface area contributed by atoms with Gasteiger partial charge in [0, 0.05) is 16.5 Å². The number of hydrogen-bond donors (Lipinski definition) is 0. The molecule has 0 saturated heterocycles. The molecule has 0 unspecified atom stereocenters. The standard InChI is InChI=1S/C21H19NO5S/c1-13(23)14-4-7-17(8-5-14)27-20(24)11-16-12-28-21(22-16)15-6-9-18(25-2)19(10-15)26-3/h4-10,12H,11H2,1-3H3. The first-order valence-electron chi connectivity index (χ1n) is 8.48. The molecule has 0 N–H and O–H groups in total. The summed E-state index contributed by atoms with van der Waals surface area (Å²) in [6.45, 7) is 1.49. The highest BCUT2D eigenvalue weighted by molar-refractivity contribution is 7.13. The highest BCUT2D eigenvalue weighted by Crippen LogP contribution is 2.33. The Morgan fingerprint density at radius 1 is 1.00 bits per heavy atom. The van der Waals surface area contributed by atoms with E-state index in [1.54, 1.807) is 38.5 Å². The molecule has 144 valence electrons. The lowest BCUT2D eigenvalue weighted by Crippen LogP contribution is -2.11. The van der Waals surface area contributed by atoms with E-state index in [0.29, 0.717) is 28.5 Å². The van der Waals surface area contributed by atoms with Gasteiger partial charge in [-0.05, 0) is 49.4 Å². The number of aromatic nitrogens is 1. The molecule has 0 saturated carbocycles. The third-order valence-corrected chi connectivity index (χ3v) is 4.94. The van der Waals surface area contributed by atoms with Crippen LogP contribution in [0.1, 0.15) is 23.0 Å². The SMILES string of the molecule is COc1ccc(-c2nc(CC(=O)Oc3ccc(C(C)=O)cc3)cs2)cc1OC. The van der Waals surface area contributed by atoms with Crippen LogP contribution in [0.4, 0.5) is 0 Å². The maximum Gasteiger partial charge on any atom is 0.317 e. The van der Waals surface area contributed by atoms with Crippen LogP contribution in [0.5, 0.6) is 17.2 Å². The Kier molecular flexibility index (Phi) is 6.06. The molecular formula is C21H19NO5S. The molecule has 1 heterocycles. The van der Waals surface area contributed by atoms with E-state index < -0.39 is 5.97 Å². The monoisotopic (exact) mass is 397 g/mol. The van der Waals surface area contributed by atoms with Crippen molar-refractivity contribution in [2.75, 3.05) is 14.2 Å². The fourth-order valence-corrected chi connectivity index (χ4v) is 3.38. The fourth-order valence-electron chi connectivity index (χ4n) is 2.56. The van der Waals surface area contributed by atoms with Crippen molar-refractivity contribution >= 4 is 23.1 Å². The Bertz CT molecular complexity index is 994. The van der Waals surface area contributed by atoms with Gasteiger partial charge in [0.05, 0.1) is 26.3 Å². The normalized spacial score (nSPS) is 10.4. The molecule has 3 rings (SSSR count). The van der Waals surface area contributed by atoms with E-state index >= 15 is 0 Å². The number of nitrogens with zero attached hydrogens (tertiary/aromatic N) is 1. The molecule has 0 bridgehead atoms. The average Bonchev–Trinajstić information content (AvgIpc) is 3.16. The van der Waals surface area contributed by atoms with Gasteiger partial charge in [0.1, 0.15) is 10.8 Å². The summed E-state index contributed by atoms with van der Waals surface area (Å²) in [5, 5.41) is 2.60. The molecule has 0 fully saturated rings. The predicted octanol–water partition coefficient (Wildman–Crippen LogP) is 4.18. The molecule has 0 amide bonds. The smallest absolute Gasteiger partial charge is 0.317 e. The highest BCUT2D eigenvalue weighted by Gasteiger charge is 2.13. The van der Waals surface area contributed by atoms with Gasteiger partial charge in [0.25, 0.3) is 0 Å². The number of ketones is 1. The van der Waals surface area contributed by atoms with Gasteiger partial charge < -0.3 is 14.2 Å². The van der Waals surface area contributed by atoms with Crippen molar-refractivity contribution in [3.05, 3.63) is 59.1 Å². The number of methoxy groups -OCH3 is 2. The first kappa shape index (κ1) is 19.6. The first-order valence-corrected chi connectivity index (χ1v) is 9.36. The number of benzene rings is 2. The molecule has 0 radical (unpaired) electrons. The molecular weight excluding hydrogens is 378 g/mol. The second kappa shape index (κ2) is 8.67. The van der Waals surface area contributed by atoms with Gasteiger partial charge in [-0.15, -0.1) is 11.3 Å². The van der Waals surface area contributed by atoms with Gasteiger partial charge in [0.15, 0.2) is 17.3 Å². The predicted molar refractivity (Wildman–Crippen MR) is 106 cm³/mol. The minimum atomic E-state index is -0.417. The first-order chi connectivity index (χ1) is 13.5. The fraction of sp³-hybridized carbons (Fsp3) is 0.190. The molecule has 0 atom stereocenters. The zero-order valence-electron chi connectivity index (χ0n) is 15.7. The second-order valence-corrected chi connectivity index (χ2v) is 6.80. The van der Waals surface area contributed by atoms with E-state index in [0.717, 1.165) is 10.6 Å². The summed E-state index contributed by atoms with van der Waals surface area (Å²) in [4.78, 5) is 28.0. The zero-order valence-corrected chi connectivity index (χ0v) is 16.5. The molecule has 6 nitrogen and oxygen atoms in total. The van der Waals surface area contributed by atoms with Crippen molar-refractivity contribution in [2.45, 2.75) is 13.3 Å². The van der Waals surface area contributed by atoms with Crippen molar-refractivity contribution in [3.63, 3.8) is 0 Å². The van der Waals surface area contributed by atoms with Crippen LogP contribution in [0.25, 0.3) is 10.6 Å². The summed E-state index contributed by atoms with van der Waals surface area (Å²) in [5.41, 5.74) is 2.07. The zero-order chi connectivity index (χ0) is 20.1. The third-order valence-electron chi connectivity index (χ3n) is 4.00. The van der Waals surface area contributed by atoms with Crippen molar-refractivity contribution in [3.8, 4) is 27.8 Å². The van der Waals surface area contributed by atoms with E-state index in [2.05, 4.69) is 4.98 Å². The number of rotatable bonds is 7. The summed E-state index contributed by atoms with van der Waals surface area (Å²) in [6.07, 6.45) is 0.0538. The van der Waals surface area contributed by atoms with Crippen molar-refractivity contribution in [1.29, 1.82) is 0 Å². The van der Waals surface area contributed by atoms with Gasteiger partial charge in [-0.3, -0.25) is 9.59 Å². The summed E-state index contributed by atoms with van der Waals surface area (Å²) >= 11 is 1.44. The van der Waals surface area contributed by atoms with Crippen LogP contribution in [0.2, 0.25) is 0 Å². The topological polar surface area (TPSA) is 74.7 Å². The lowest BCUT2D eigenvalue weighted by Gasteiger charge is -2.08. The van der Waals surface area contributed by atoms with Crippen molar-refractivity contribution in [1.82, 2.24) is 4.98 Å². The Morgan fingerprint density at radius 3 is 2.36 bits per heavy atom. The summed E-state index contributed by atoms with van der Waals surface area (Å²) in [6, 6.07) is 12.0. The van der Waals surface area contributed by atoms with Gasteiger partial charge in [-0.1, -0.05) is 0 Å². The van der Waals surface area contributed by atoms with E-state index in [1.165, 1.54) is 18.3 Å². The Labute approximate surface area is 166 Å². The van der Waals surface area contributed by atoms with Gasteiger partial charge in [-0.2, -0.15) is 0 Å². The lowest BCUT2D eigenvalue weighted by molar-refractivity contribution is -0.133. The van der Waals surface area contributed by atoms with Gasteiger partial charge >= 0.3 is 5.97 Å². The Hall–Kier alpha value is -3.19. The van der Waals surface area contributed by atoms with Crippen molar-refractivity contribution in [2.24, 2.45) is 0 Å². The highest BCUT2D eigenvalue weighted by atomic mass is 32.1. The summed E-state index contributed by atoms with van der Waals surface area (Å²) in [7, 11) is 3.16.